The smallest absolute Gasteiger partial charge is 0.326 e. The van der Waals surface area contributed by atoms with Crippen molar-refractivity contribution in [1.82, 2.24) is 9.97 Å². The number of hydrogen-bond donors (Lipinski definition) is 2. The number of β-amino-alcohol motifs (C(OH)–C–C–N with tert-alkyl or cyclic N) is 1. The number of carboxylic acids is 1. The van der Waals surface area contributed by atoms with Gasteiger partial charge in [-0.15, -0.1) is 0 Å². The molecule has 0 saturated carbocycles. The van der Waals surface area contributed by atoms with Gasteiger partial charge in [-0.25, -0.2) is 9.78 Å². The Labute approximate surface area is 135 Å². The number of benzene rings is 1. The quantitative estimate of drug-likeness (QED) is 0.692. The molecule has 2 N–H and O–H groups in total. The van der Waals surface area contributed by atoms with Crippen molar-refractivity contribution in [3.8, 4) is 0 Å². The minimum Gasteiger partial charge on any atom is -0.480 e. The van der Waals surface area contributed by atoms with Crippen molar-refractivity contribution >= 4 is 45.5 Å². The number of carboxylic acid groups (broad SMARTS) is 1. The topological polar surface area (TPSA) is 99.7 Å². The second kappa shape index (κ2) is 5.07. The van der Waals surface area contributed by atoms with Gasteiger partial charge in [-0.05, 0) is 23.7 Å². The highest BCUT2D eigenvalue weighted by molar-refractivity contribution is 6.29. The van der Waals surface area contributed by atoms with Gasteiger partial charge in [-0.2, -0.15) is 4.98 Å². The lowest BCUT2D eigenvalue weighted by molar-refractivity contribution is -0.138. The maximum Gasteiger partial charge on any atom is 0.326 e. The third-order valence-corrected chi connectivity index (χ3v) is 4.18. The molecule has 118 valence electrons. The van der Waals surface area contributed by atoms with Crippen LogP contribution in [0.15, 0.2) is 28.7 Å². The van der Waals surface area contributed by atoms with Crippen molar-refractivity contribution in [3.05, 3.63) is 29.5 Å². The van der Waals surface area contributed by atoms with E-state index in [-0.39, 0.29) is 18.2 Å². The van der Waals surface area contributed by atoms with Crippen LogP contribution in [-0.2, 0) is 4.79 Å². The Hall–Kier alpha value is -2.38. The first-order valence-corrected chi connectivity index (χ1v) is 7.44. The predicted octanol–water partition coefficient (Wildman–Crippen LogP) is 2.05. The molecule has 0 amide bonds. The molecule has 0 radical (unpaired) electrons. The fourth-order valence-corrected chi connectivity index (χ4v) is 3.19. The fourth-order valence-electron chi connectivity index (χ4n) is 3.03. The summed E-state index contributed by atoms with van der Waals surface area (Å²) in [6, 6.07) is 6.45. The van der Waals surface area contributed by atoms with Crippen LogP contribution in [0.1, 0.15) is 6.42 Å². The summed E-state index contributed by atoms with van der Waals surface area (Å²) in [7, 11) is 0. The van der Waals surface area contributed by atoms with Crippen LogP contribution in [-0.4, -0.2) is 44.8 Å². The zero-order valence-electron chi connectivity index (χ0n) is 11.8. The highest BCUT2D eigenvalue weighted by atomic mass is 35.5. The summed E-state index contributed by atoms with van der Waals surface area (Å²) in [6.07, 6.45) is -0.622. The molecule has 1 fully saturated rings. The molecule has 1 saturated heterocycles. The lowest BCUT2D eigenvalue weighted by Gasteiger charge is -2.21. The van der Waals surface area contributed by atoms with Crippen molar-refractivity contribution in [2.75, 3.05) is 11.4 Å². The van der Waals surface area contributed by atoms with Crippen LogP contribution in [0.3, 0.4) is 0 Å². The first-order chi connectivity index (χ1) is 11.0. The van der Waals surface area contributed by atoms with Gasteiger partial charge in [-0.3, -0.25) is 0 Å². The van der Waals surface area contributed by atoms with E-state index in [1.807, 2.05) is 18.2 Å². The van der Waals surface area contributed by atoms with Crippen molar-refractivity contribution in [2.45, 2.75) is 18.6 Å². The molecule has 0 bridgehead atoms. The molecule has 3 heterocycles. The molecule has 23 heavy (non-hydrogen) atoms. The maximum atomic E-state index is 11.5. The van der Waals surface area contributed by atoms with E-state index in [1.54, 1.807) is 6.07 Å². The lowest BCUT2D eigenvalue weighted by atomic mass is 10.2. The molecule has 2 atom stereocenters. The highest BCUT2D eigenvalue weighted by Crippen LogP contribution is 2.36. The molecule has 4 rings (SSSR count). The first kappa shape index (κ1) is 14.2. The van der Waals surface area contributed by atoms with Gasteiger partial charge >= 0.3 is 5.97 Å². The van der Waals surface area contributed by atoms with Crippen LogP contribution in [0.25, 0.3) is 22.1 Å². The van der Waals surface area contributed by atoms with E-state index in [4.69, 9.17) is 16.0 Å². The molecule has 1 aliphatic rings. The molecule has 1 aliphatic heterocycles. The van der Waals surface area contributed by atoms with Crippen molar-refractivity contribution in [1.29, 1.82) is 0 Å². The van der Waals surface area contributed by atoms with Crippen molar-refractivity contribution < 1.29 is 19.4 Å². The van der Waals surface area contributed by atoms with E-state index in [0.717, 1.165) is 5.39 Å². The Bertz CT molecular complexity index is 926. The molecular weight excluding hydrogens is 322 g/mol. The number of anilines is 1. The average Bonchev–Trinajstić information content (AvgIpc) is 3.07. The van der Waals surface area contributed by atoms with Crippen LogP contribution in [0.5, 0.6) is 0 Å². The monoisotopic (exact) mass is 333 g/mol. The van der Waals surface area contributed by atoms with Crippen LogP contribution >= 0.6 is 11.6 Å². The molecule has 7 nitrogen and oxygen atoms in total. The summed E-state index contributed by atoms with van der Waals surface area (Å²) in [5, 5.41) is 20.0. The van der Waals surface area contributed by atoms with Crippen molar-refractivity contribution in [2.24, 2.45) is 0 Å². The summed E-state index contributed by atoms with van der Waals surface area (Å²) in [4.78, 5) is 21.3. The number of aliphatic hydroxyl groups excluding tert-OH is 1. The number of para-hydroxylation sites is 1. The van der Waals surface area contributed by atoms with Gasteiger partial charge < -0.3 is 19.5 Å². The maximum absolute atomic E-state index is 11.5. The number of aliphatic hydroxyl groups is 1. The Balaban J connectivity index is 1.97. The number of rotatable bonds is 2. The van der Waals surface area contributed by atoms with Gasteiger partial charge in [0.2, 0.25) is 5.28 Å². The number of fused-ring (bicyclic) bond motifs is 3. The van der Waals surface area contributed by atoms with Gasteiger partial charge in [0.1, 0.15) is 17.1 Å². The number of hydrogen-bond acceptors (Lipinski definition) is 6. The summed E-state index contributed by atoms with van der Waals surface area (Å²) in [6.45, 7) is 0.149. The molecule has 0 unspecified atom stereocenters. The summed E-state index contributed by atoms with van der Waals surface area (Å²) < 4.78 is 5.81. The number of nitrogens with zero attached hydrogens (tertiary/aromatic N) is 3. The van der Waals surface area contributed by atoms with E-state index in [1.165, 1.54) is 4.90 Å². The minimum absolute atomic E-state index is 0.00424. The second-order valence-electron chi connectivity index (χ2n) is 5.49. The van der Waals surface area contributed by atoms with E-state index in [0.29, 0.717) is 22.5 Å². The Kier molecular flexibility index (Phi) is 3.14. The highest BCUT2D eigenvalue weighted by Gasteiger charge is 2.38. The Morgan fingerprint density at radius 3 is 2.91 bits per heavy atom. The number of halogens is 1. The molecule has 3 aromatic rings. The average molecular weight is 334 g/mol. The molecule has 8 heteroatoms. The van der Waals surface area contributed by atoms with Gasteiger partial charge in [-0.1, -0.05) is 12.1 Å². The van der Waals surface area contributed by atoms with Crippen molar-refractivity contribution in [3.63, 3.8) is 0 Å². The number of aromatic nitrogens is 2. The standard InChI is InChI=1S/C15H12ClN3O4/c16-15-17-11-8-3-1-2-4-10(8)23-12(11)13(18-15)19-6-7(20)5-9(19)14(21)22/h1-4,7,9,20H,5-6H2,(H,21,22)/t7-,9-/m0/s1. The minimum atomic E-state index is -1.03. The number of aliphatic carboxylic acids is 1. The Morgan fingerprint density at radius 1 is 1.35 bits per heavy atom. The van der Waals surface area contributed by atoms with E-state index in [9.17, 15) is 15.0 Å². The molecule has 0 aliphatic carbocycles. The van der Waals surface area contributed by atoms with E-state index >= 15 is 0 Å². The lowest BCUT2D eigenvalue weighted by Crippen LogP contribution is -2.36. The third-order valence-electron chi connectivity index (χ3n) is 4.01. The van der Waals surface area contributed by atoms with Crippen LogP contribution in [0.2, 0.25) is 5.28 Å². The predicted molar refractivity (Wildman–Crippen MR) is 83.7 cm³/mol. The van der Waals surface area contributed by atoms with Gasteiger partial charge in [0.25, 0.3) is 0 Å². The fraction of sp³-hybridized carbons (Fsp3) is 0.267. The summed E-state index contributed by atoms with van der Waals surface area (Å²) in [5.41, 5.74) is 1.52. The third kappa shape index (κ3) is 2.20. The van der Waals surface area contributed by atoms with Crippen LogP contribution < -0.4 is 4.90 Å². The van der Waals surface area contributed by atoms with Crippen LogP contribution in [0, 0.1) is 0 Å². The normalized spacial score (nSPS) is 21.4. The number of furan rings is 1. The summed E-state index contributed by atoms with van der Waals surface area (Å²) in [5.74, 6) is -0.735. The zero-order chi connectivity index (χ0) is 16.1. The molecule has 0 spiro atoms. The number of carbonyl (C=O) groups is 1. The molecule has 2 aromatic heterocycles. The Morgan fingerprint density at radius 2 is 2.13 bits per heavy atom. The van der Waals surface area contributed by atoms with E-state index in [2.05, 4.69) is 9.97 Å². The van der Waals surface area contributed by atoms with Gasteiger partial charge in [0, 0.05) is 18.4 Å². The van der Waals surface area contributed by atoms with Gasteiger partial charge in [0.15, 0.2) is 11.4 Å². The zero-order valence-corrected chi connectivity index (χ0v) is 12.6. The summed E-state index contributed by atoms with van der Waals surface area (Å²) >= 11 is 6.02. The van der Waals surface area contributed by atoms with E-state index < -0.39 is 18.1 Å². The second-order valence-corrected chi connectivity index (χ2v) is 5.83. The van der Waals surface area contributed by atoms with Gasteiger partial charge in [0.05, 0.1) is 6.10 Å². The molecular formula is C15H12ClN3O4. The largest absolute Gasteiger partial charge is 0.480 e. The molecule has 1 aromatic carbocycles. The SMILES string of the molecule is O=C(O)[C@@H]1C[C@H](O)CN1c1nc(Cl)nc2c1oc1ccccc12. The van der Waals surface area contributed by atoms with Crippen LogP contribution in [0.4, 0.5) is 5.82 Å². The first-order valence-electron chi connectivity index (χ1n) is 7.07.